The average molecular weight is 286 g/mol. The standard InChI is InChI=1S/C17H22N2S/c1-13-9-14(10-18)4-5-15(13)11-19(16-6-7-16)12-17-3-2-8-20-17/h2-5,8-9,16H,6-7,10-12,18H2,1H3. The molecule has 3 rings (SSSR count). The second kappa shape index (κ2) is 6.08. The van der Waals surface area contributed by atoms with Crippen LogP contribution in [0.15, 0.2) is 35.7 Å². The van der Waals surface area contributed by atoms with Crippen molar-refractivity contribution in [3.05, 3.63) is 57.3 Å². The van der Waals surface area contributed by atoms with Gasteiger partial charge in [-0.25, -0.2) is 0 Å². The molecular weight excluding hydrogens is 264 g/mol. The van der Waals surface area contributed by atoms with Crippen LogP contribution >= 0.6 is 11.3 Å². The van der Waals surface area contributed by atoms with E-state index in [0.717, 1.165) is 19.1 Å². The van der Waals surface area contributed by atoms with Gasteiger partial charge in [-0.2, -0.15) is 0 Å². The van der Waals surface area contributed by atoms with Crippen LogP contribution < -0.4 is 5.73 Å². The van der Waals surface area contributed by atoms with E-state index >= 15 is 0 Å². The van der Waals surface area contributed by atoms with Crippen molar-refractivity contribution in [2.75, 3.05) is 0 Å². The van der Waals surface area contributed by atoms with Crippen LogP contribution in [0.1, 0.15) is 34.4 Å². The normalized spacial score (nSPS) is 14.9. The van der Waals surface area contributed by atoms with E-state index in [4.69, 9.17) is 5.73 Å². The van der Waals surface area contributed by atoms with Crippen LogP contribution in [0.2, 0.25) is 0 Å². The number of rotatable bonds is 6. The van der Waals surface area contributed by atoms with Gasteiger partial charge in [0.15, 0.2) is 0 Å². The van der Waals surface area contributed by atoms with Crippen molar-refractivity contribution >= 4 is 11.3 Å². The third-order valence-corrected chi connectivity index (χ3v) is 4.88. The van der Waals surface area contributed by atoms with E-state index in [-0.39, 0.29) is 0 Å². The molecule has 0 bridgehead atoms. The second-order valence-corrected chi connectivity index (χ2v) is 6.71. The summed E-state index contributed by atoms with van der Waals surface area (Å²) >= 11 is 1.86. The minimum absolute atomic E-state index is 0.628. The highest BCUT2D eigenvalue weighted by molar-refractivity contribution is 7.09. The van der Waals surface area contributed by atoms with Crippen molar-refractivity contribution in [3.63, 3.8) is 0 Å². The highest BCUT2D eigenvalue weighted by atomic mass is 32.1. The molecule has 0 unspecified atom stereocenters. The van der Waals surface area contributed by atoms with Gasteiger partial charge in [0.25, 0.3) is 0 Å². The highest BCUT2D eigenvalue weighted by Crippen LogP contribution is 2.31. The van der Waals surface area contributed by atoms with Crippen molar-refractivity contribution in [2.24, 2.45) is 5.73 Å². The first-order valence-corrected chi connectivity index (χ1v) is 8.19. The summed E-state index contributed by atoms with van der Waals surface area (Å²) in [5, 5.41) is 2.17. The summed E-state index contributed by atoms with van der Waals surface area (Å²) in [6, 6.07) is 11.8. The number of aryl methyl sites for hydroxylation is 1. The summed E-state index contributed by atoms with van der Waals surface area (Å²) < 4.78 is 0. The summed E-state index contributed by atoms with van der Waals surface area (Å²) in [5.74, 6) is 0. The molecule has 1 aliphatic carbocycles. The van der Waals surface area contributed by atoms with Gasteiger partial charge in [-0.1, -0.05) is 24.3 Å². The summed E-state index contributed by atoms with van der Waals surface area (Å²) in [6.07, 6.45) is 2.70. The topological polar surface area (TPSA) is 29.3 Å². The molecule has 1 heterocycles. The lowest BCUT2D eigenvalue weighted by Crippen LogP contribution is -2.25. The Balaban J connectivity index is 1.73. The minimum Gasteiger partial charge on any atom is -0.326 e. The Hall–Kier alpha value is -1.16. The zero-order chi connectivity index (χ0) is 13.9. The Kier molecular flexibility index (Phi) is 4.20. The van der Waals surface area contributed by atoms with Gasteiger partial charge in [0, 0.05) is 30.6 Å². The Labute approximate surface area is 125 Å². The lowest BCUT2D eigenvalue weighted by molar-refractivity contribution is 0.247. The van der Waals surface area contributed by atoms with E-state index in [1.54, 1.807) is 0 Å². The molecule has 0 aliphatic heterocycles. The Morgan fingerprint density at radius 3 is 2.70 bits per heavy atom. The van der Waals surface area contributed by atoms with Crippen molar-refractivity contribution in [2.45, 2.75) is 45.4 Å². The monoisotopic (exact) mass is 286 g/mol. The largest absolute Gasteiger partial charge is 0.326 e. The molecule has 2 aromatic rings. The van der Waals surface area contributed by atoms with Gasteiger partial charge in [0.2, 0.25) is 0 Å². The Bertz CT molecular complexity index is 558. The number of benzene rings is 1. The summed E-state index contributed by atoms with van der Waals surface area (Å²) in [5.41, 5.74) is 9.74. The lowest BCUT2D eigenvalue weighted by atomic mass is 10.0. The van der Waals surface area contributed by atoms with Gasteiger partial charge in [-0.3, -0.25) is 4.90 Å². The molecule has 2 nitrogen and oxygen atoms in total. The highest BCUT2D eigenvalue weighted by Gasteiger charge is 2.29. The molecule has 0 spiro atoms. The molecule has 0 radical (unpaired) electrons. The molecule has 3 heteroatoms. The van der Waals surface area contributed by atoms with Crippen molar-refractivity contribution < 1.29 is 0 Å². The number of nitrogens with zero attached hydrogens (tertiary/aromatic N) is 1. The molecule has 0 atom stereocenters. The van der Waals surface area contributed by atoms with Crippen molar-refractivity contribution in [3.8, 4) is 0 Å². The van der Waals surface area contributed by atoms with Gasteiger partial charge in [-0.15, -0.1) is 11.3 Å². The molecular formula is C17H22N2S. The molecule has 1 aliphatic rings. The van der Waals surface area contributed by atoms with Crippen LogP contribution in [-0.4, -0.2) is 10.9 Å². The smallest absolute Gasteiger partial charge is 0.0334 e. The zero-order valence-corrected chi connectivity index (χ0v) is 12.8. The molecule has 1 fully saturated rings. The first-order chi connectivity index (χ1) is 9.76. The fourth-order valence-corrected chi connectivity index (χ4v) is 3.37. The van der Waals surface area contributed by atoms with E-state index < -0.39 is 0 Å². The summed E-state index contributed by atoms with van der Waals surface area (Å²) in [6.45, 7) is 4.97. The molecule has 2 N–H and O–H groups in total. The predicted molar refractivity (Wildman–Crippen MR) is 85.7 cm³/mol. The van der Waals surface area contributed by atoms with Crippen LogP contribution in [0.25, 0.3) is 0 Å². The molecule has 0 amide bonds. The molecule has 1 aromatic heterocycles. The first kappa shape index (κ1) is 13.8. The van der Waals surface area contributed by atoms with E-state index in [1.165, 1.54) is 34.4 Å². The maximum atomic E-state index is 5.71. The summed E-state index contributed by atoms with van der Waals surface area (Å²) in [7, 11) is 0. The Morgan fingerprint density at radius 2 is 2.10 bits per heavy atom. The fraction of sp³-hybridized carbons (Fsp3) is 0.412. The zero-order valence-electron chi connectivity index (χ0n) is 12.0. The minimum atomic E-state index is 0.628. The lowest BCUT2D eigenvalue weighted by Gasteiger charge is -2.22. The second-order valence-electron chi connectivity index (χ2n) is 5.68. The maximum absolute atomic E-state index is 5.71. The molecule has 20 heavy (non-hydrogen) atoms. The Morgan fingerprint density at radius 1 is 1.25 bits per heavy atom. The average Bonchev–Trinajstić information content (AvgIpc) is 3.18. The SMILES string of the molecule is Cc1cc(CN)ccc1CN(Cc1cccs1)C1CC1. The van der Waals surface area contributed by atoms with E-state index in [0.29, 0.717) is 6.54 Å². The molecule has 1 saturated carbocycles. The number of hydrogen-bond acceptors (Lipinski definition) is 3. The van der Waals surface area contributed by atoms with Gasteiger partial charge in [0.1, 0.15) is 0 Å². The quantitative estimate of drug-likeness (QED) is 0.877. The molecule has 1 aromatic carbocycles. The fourth-order valence-electron chi connectivity index (χ4n) is 2.64. The first-order valence-electron chi connectivity index (χ1n) is 7.31. The van der Waals surface area contributed by atoms with Crippen LogP contribution in [0, 0.1) is 6.92 Å². The third-order valence-electron chi connectivity index (χ3n) is 4.02. The van der Waals surface area contributed by atoms with Gasteiger partial charge < -0.3 is 5.73 Å². The van der Waals surface area contributed by atoms with Crippen LogP contribution in [0.4, 0.5) is 0 Å². The van der Waals surface area contributed by atoms with Gasteiger partial charge >= 0.3 is 0 Å². The van der Waals surface area contributed by atoms with Gasteiger partial charge in [0.05, 0.1) is 0 Å². The number of hydrogen-bond donors (Lipinski definition) is 1. The molecule has 106 valence electrons. The van der Waals surface area contributed by atoms with E-state index in [1.807, 2.05) is 11.3 Å². The van der Waals surface area contributed by atoms with Crippen LogP contribution in [0.3, 0.4) is 0 Å². The van der Waals surface area contributed by atoms with E-state index in [9.17, 15) is 0 Å². The van der Waals surface area contributed by atoms with Crippen LogP contribution in [0.5, 0.6) is 0 Å². The predicted octanol–water partition coefficient (Wildman–Crippen LogP) is 3.68. The van der Waals surface area contributed by atoms with Gasteiger partial charge in [-0.05, 0) is 47.9 Å². The van der Waals surface area contributed by atoms with Crippen molar-refractivity contribution in [1.82, 2.24) is 4.90 Å². The van der Waals surface area contributed by atoms with Crippen LogP contribution in [-0.2, 0) is 19.6 Å². The third kappa shape index (κ3) is 3.29. The van der Waals surface area contributed by atoms with Crippen molar-refractivity contribution in [1.29, 1.82) is 0 Å². The summed E-state index contributed by atoms with van der Waals surface area (Å²) in [4.78, 5) is 4.09. The number of thiophene rings is 1. The van der Waals surface area contributed by atoms with E-state index in [2.05, 4.69) is 47.5 Å². The molecule has 0 saturated heterocycles. The number of nitrogens with two attached hydrogens (primary N) is 1. The maximum Gasteiger partial charge on any atom is 0.0334 e.